The monoisotopic (exact) mass is 225 g/mol. The van der Waals surface area contributed by atoms with Gasteiger partial charge in [0.1, 0.15) is 11.6 Å². The molecule has 1 aromatic rings. The maximum Gasteiger partial charge on any atom is 0.126 e. The minimum Gasteiger partial charge on any atom is -0.317 e. The van der Waals surface area contributed by atoms with Crippen LogP contribution in [0.1, 0.15) is 37.2 Å². The molecule has 1 nitrogen and oxygen atoms in total. The van der Waals surface area contributed by atoms with Crippen molar-refractivity contribution in [2.45, 2.75) is 37.6 Å². The average Bonchev–Trinajstić information content (AvgIpc) is 2.32. The van der Waals surface area contributed by atoms with Crippen LogP contribution in [0.3, 0.4) is 0 Å². The van der Waals surface area contributed by atoms with Crippen LogP contribution in [0, 0.1) is 11.6 Å². The van der Waals surface area contributed by atoms with Crippen molar-refractivity contribution in [1.29, 1.82) is 0 Å². The zero-order chi connectivity index (χ0) is 11.5. The van der Waals surface area contributed by atoms with Gasteiger partial charge in [-0.15, -0.1) is 0 Å². The number of nitrogens with one attached hydrogen (secondary N) is 1. The summed E-state index contributed by atoms with van der Waals surface area (Å²) in [6.07, 6.45) is 3.95. The molecule has 0 spiro atoms. The molecule has 16 heavy (non-hydrogen) atoms. The number of hydrogen-bond acceptors (Lipinski definition) is 1. The van der Waals surface area contributed by atoms with E-state index in [1.807, 2.05) is 7.05 Å². The fourth-order valence-electron chi connectivity index (χ4n) is 2.52. The van der Waals surface area contributed by atoms with Crippen LogP contribution in [0.2, 0.25) is 0 Å². The highest BCUT2D eigenvalue weighted by Crippen LogP contribution is 2.34. The average molecular weight is 225 g/mol. The van der Waals surface area contributed by atoms with E-state index in [9.17, 15) is 8.78 Å². The number of hydrogen-bond donors (Lipinski definition) is 1. The van der Waals surface area contributed by atoms with Crippen LogP contribution in [0.15, 0.2) is 18.2 Å². The predicted octanol–water partition coefficient (Wildman–Crippen LogP) is 3.21. The lowest BCUT2D eigenvalue weighted by atomic mass is 9.81. The molecule has 3 heteroatoms. The number of benzene rings is 1. The third kappa shape index (κ3) is 2.40. The summed E-state index contributed by atoms with van der Waals surface area (Å²) < 4.78 is 26.6. The quantitative estimate of drug-likeness (QED) is 0.815. The topological polar surface area (TPSA) is 12.0 Å². The van der Waals surface area contributed by atoms with Crippen LogP contribution < -0.4 is 5.32 Å². The fraction of sp³-hybridized carbons (Fsp3) is 0.538. The van der Waals surface area contributed by atoms with Gasteiger partial charge in [-0.1, -0.05) is 0 Å². The van der Waals surface area contributed by atoms with Crippen LogP contribution in [0.25, 0.3) is 0 Å². The second kappa shape index (κ2) is 4.91. The SMILES string of the molecule is CNC1CCC(c2cc(F)ccc2F)CC1. The summed E-state index contributed by atoms with van der Waals surface area (Å²) >= 11 is 0. The van der Waals surface area contributed by atoms with Crippen LogP contribution >= 0.6 is 0 Å². The van der Waals surface area contributed by atoms with E-state index < -0.39 is 0 Å². The first kappa shape index (κ1) is 11.5. The Labute approximate surface area is 94.9 Å². The maximum absolute atomic E-state index is 13.6. The summed E-state index contributed by atoms with van der Waals surface area (Å²) in [4.78, 5) is 0. The highest BCUT2D eigenvalue weighted by Gasteiger charge is 2.23. The Hall–Kier alpha value is -0.960. The molecule has 0 bridgehead atoms. The molecule has 0 amide bonds. The molecule has 88 valence electrons. The van der Waals surface area contributed by atoms with Gasteiger partial charge in [-0.2, -0.15) is 0 Å². The van der Waals surface area contributed by atoms with Gasteiger partial charge in [0.15, 0.2) is 0 Å². The molecule has 0 aliphatic heterocycles. The molecule has 1 N–H and O–H groups in total. The van der Waals surface area contributed by atoms with Gasteiger partial charge in [-0.05, 0) is 62.4 Å². The van der Waals surface area contributed by atoms with E-state index in [1.54, 1.807) is 0 Å². The summed E-state index contributed by atoms with van der Waals surface area (Å²) in [7, 11) is 1.95. The summed E-state index contributed by atoms with van der Waals surface area (Å²) in [5.74, 6) is -0.429. The Bertz CT molecular complexity index is 357. The Morgan fingerprint density at radius 3 is 2.44 bits per heavy atom. The largest absolute Gasteiger partial charge is 0.317 e. The van der Waals surface area contributed by atoms with Crippen molar-refractivity contribution in [2.24, 2.45) is 0 Å². The molecule has 1 aliphatic carbocycles. The van der Waals surface area contributed by atoms with Crippen LogP contribution in [-0.2, 0) is 0 Å². The van der Waals surface area contributed by atoms with Gasteiger partial charge < -0.3 is 5.32 Å². The molecule has 1 aliphatic rings. The third-order valence-electron chi connectivity index (χ3n) is 3.53. The summed E-state index contributed by atoms with van der Waals surface area (Å²) in [6.45, 7) is 0. The van der Waals surface area contributed by atoms with E-state index in [2.05, 4.69) is 5.32 Å². The molecular formula is C13H17F2N. The van der Waals surface area contributed by atoms with Crippen molar-refractivity contribution in [2.75, 3.05) is 7.05 Å². The van der Waals surface area contributed by atoms with Gasteiger partial charge in [-0.3, -0.25) is 0 Å². The van der Waals surface area contributed by atoms with Crippen LogP contribution in [0.5, 0.6) is 0 Å². The van der Waals surface area contributed by atoms with E-state index >= 15 is 0 Å². The lowest BCUT2D eigenvalue weighted by Crippen LogP contribution is -2.29. The molecule has 0 unspecified atom stereocenters. The number of halogens is 2. The van der Waals surface area contributed by atoms with E-state index in [4.69, 9.17) is 0 Å². The van der Waals surface area contributed by atoms with E-state index in [0.29, 0.717) is 11.6 Å². The lowest BCUT2D eigenvalue weighted by molar-refractivity contribution is 0.352. The van der Waals surface area contributed by atoms with Gasteiger partial charge in [-0.25, -0.2) is 8.78 Å². The van der Waals surface area contributed by atoms with Gasteiger partial charge in [0.25, 0.3) is 0 Å². The van der Waals surface area contributed by atoms with Gasteiger partial charge >= 0.3 is 0 Å². The first-order valence-corrected chi connectivity index (χ1v) is 5.83. The van der Waals surface area contributed by atoms with Gasteiger partial charge in [0.05, 0.1) is 0 Å². The third-order valence-corrected chi connectivity index (χ3v) is 3.53. The molecule has 0 saturated heterocycles. The molecule has 0 aromatic heterocycles. The highest BCUT2D eigenvalue weighted by molar-refractivity contribution is 5.23. The summed E-state index contributed by atoms with van der Waals surface area (Å²) in [5.41, 5.74) is 0.551. The lowest BCUT2D eigenvalue weighted by Gasteiger charge is -2.28. The van der Waals surface area contributed by atoms with Crippen molar-refractivity contribution in [3.8, 4) is 0 Å². The summed E-state index contributed by atoms with van der Waals surface area (Å²) in [5, 5.41) is 3.23. The molecule has 2 rings (SSSR count). The fourth-order valence-corrected chi connectivity index (χ4v) is 2.52. The normalized spacial score (nSPS) is 25.7. The van der Waals surface area contributed by atoms with Crippen LogP contribution in [0.4, 0.5) is 8.78 Å². The minimum atomic E-state index is -0.341. The van der Waals surface area contributed by atoms with Gasteiger partial charge in [0, 0.05) is 6.04 Å². The Kier molecular flexibility index (Phi) is 3.54. The maximum atomic E-state index is 13.6. The molecule has 0 heterocycles. The predicted molar refractivity (Wildman–Crippen MR) is 60.4 cm³/mol. The zero-order valence-corrected chi connectivity index (χ0v) is 9.47. The molecule has 1 aromatic carbocycles. The molecule has 1 saturated carbocycles. The second-order valence-corrected chi connectivity index (χ2v) is 4.50. The van der Waals surface area contributed by atoms with E-state index in [1.165, 1.54) is 18.2 Å². The second-order valence-electron chi connectivity index (χ2n) is 4.50. The van der Waals surface area contributed by atoms with E-state index in [0.717, 1.165) is 25.7 Å². The first-order valence-electron chi connectivity index (χ1n) is 5.83. The molecule has 0 atom stereocenters. The highest BCUT2D eigenvalue weighted by atomic mass is 19.1. The van der Waals surface area contributed by atoms with Gasteiger partial charge in [0.2, 0.25) is 0 Å². The Morgan fingerprint density at radius 2 is 1.81 bits per heavy atom. The smallest absolute Gasteiger partial charge is 0.126 e. The summed E-state index contributed by atoms with van der Waals surface area (Å²) in [6, 6.07) is 4.29. The van der Waals surface area contributed by atoms with Crippen molar-refractivity contribution in [3.05, 3.63) is 35.4 Å². The number of rotatable bonds is 2. The first-order chi connectivity index (χ1) is 7.70. The Balaban J connectivity index is 2.10. The minimum absolute atomic E-state index is 0.181. The molecule has 1 fully saturated rings. The van der Waals surface area contributed by atoms with Crippen molar-refractivity contribution >= 4 is 0 Å². The molecular weight excluding hydrogens is 208 g/mol. The molecule has 0 radical (unpaired) electrons. The van der Waals surface area contributed by atoms with E-state index in [-0.39, 0.29) is 17.6 Å². The van der Waals surface area contributed by atoms with Crippen LogP contribution in [-0.4, -0.2) is 13.1 Å². The standard InChI is InChI=1S/C13H17F2N/c1-16-11-5-2-9(3-6-11)12-8-10(14)4-7-13(12)15/h4,7-9,11,16H,2-3,5-6H2,1H3. The van der Waals surface area contributed by atoms with Crippen molar-refractivity contribution in [3.63, 3.8) is 0 Å². The zero-order valence-electron chi connectivity index (χ0n) is 9.47. The van der Waals surface area contributed by atoms with Crippen molar-refractivity contribution < 1.29 is 8.78 Å². The Morgan fingerprint density at radius 1 is 1.12 bits per heavy atom. The van der Waals surface area contributed by atoms with Crippen molar-refractivity contribution in [1.82, 2.24) is 5.32 Å².